The van der Waals surface area contributed by atoms with Crippen molar-refractivity contribution in [3.63, 3.8) is 0 Å². The van der Waals surface area contributed by atoms with Gasteiger partial charge in [0.25, 0.3) is 0 Å². The first-order valence-electron chi connectivity index (χ1n) is 11.5. The van der Waals surface area contributed by atoms with Crippen LogP contribution in [-0.2, 0) is 4.79 Å². The van der Waals surface area contributed by atoms with E-state index in [0.29, 0.717) is 10.8 Å². The van der Waals surface area contributed by atoms with Crippen LogP contribution in [0.1, 0.15) is 26.7 Å². The molecule has 4 aromatic rings. The van der Waals surface area contributed by atoms with Gasteiger partial charge < -0.3 is 21.1 Å². The van der Waals surface area contributed by atoms with Gasteiger partial charge in [-0.15, -0.1) is 11.8 Å². The molecule has 0 aromatic heterocycles. The van der Waals surface area contributed by atoms with E-state index < -0.39 is 11.2 Å². The number of hydrogen-bond donors (Lipinski definition) is 4. The second-order valence-corrected chi connectivity index (χ2v) is 9.84. The van der Waals surface area contributed by atoms with Crippen LogP contribution in [0.5, 0.6) is 0 Å². The molecule has 1 atom stereocenters. The van der Waals surface area contributed by atoms with Gasteiger partial charge in [-0.2, -0.15) is 0 Å². The minimum absolute atomic E-state index is 0.158. The molecule has 4 N–H and O–H groups in total. The van der Waals surface area contributed by atoms with Crippen LogP contribution in [0.2, 0.25) is 0 Å². The highest BCUT2D eigenvalue weighted by Crippen LogP contribution is 2.37. The summed E-state index contributed by atoms with van der Waals surface area (Å²) >= 11 is 6.88. The third-order valence-electron chi connectivity index (χ3n) is 5.40. The highest BCUT2D eigenvalue weighted by atomic mass is 32.2. The van der Waals surface area contributed by atoms with Gasteiger partial charge in [-0.25, -0.2) is 4.79 Å². The standard InChI is InChI=1S/C29H25N3O3S2/c1-19-10-14-23(15-11-19)31-29(36)32-24-8-5-9-25(18-24)37-26(20-6-3-2-4-7-20)27(33)30-22-16-12-21(13-17-22)28(34)35/h2-18,26H,1H3,(H,30,33)(H,34,35)(H2,31,32,36). The number of nitrogens with one attached hydrogen (secondary N) is 3. The average molecular weight is 528 g/mol. The first kappa shape index (κ1) is 25.9. The van der Waals surface area contributed by atoms with Crippen molar-refractivity contribution in [2.24, 2.45) is 0 Å². The molecule has 0 heterocycles. The fraction of sp³-hybridized carbons (Fsp3) is 0.0690. The van der Waals surface area contributed by atoms with E-state index in [4.69, 9.17) is 17.3 Å². The Morgan fingerprint density at radius 2 is 1.38 bits per heavy atom. The molecule has 0 saturated heterocycles. The van der Waals surface area contributed by atoms with Crippen molar-refractivity contribution >= 4 is 58.0 Å². The van der Waals surface area contributed by atoms with Crippen molar-refractivity contribution in [2.45, 2.75) is 17.1 Å². The highest BCUT2D eigenvalue weighted by molar-refractivity contribution is 8.00. The SMILES string of the molecule is Cc1ccc(NC(=S)Nc2cccc(SC(C(=O)Nc3ccc(C(=O)O)cc3)c3ccccc3)c2)cc1. The van der Waals surface area contributed by atoms with Crippen LogP contribution in [0, 0.1) is 6.92 Å². The normalized spacial score (nSPS) is 11.3. The van der Waals surface area contributed by atoms with Gasteiger partial charge in [0.2, 0.25) is 5.91 Å². The number of rotatable bonds is 8. The fourth-order valence-electron chi connectivity index (χ4n) is 3.52. The molecular formula is C29H25N3O3S2. The van der Waals surface area contributed by atoms with Crippen molar-refractivity contribution in [3.8, 4) is 0 Å². The maximum absolute atomic E-state index is 13.3. The van der Waals surface area contributed by atoms with Gasteiger partial charge in [-0.3, -0.25) is 4.79 Å². The topological polar surface area (TPSA) is 90.5 Å². The number of carboxylic acid groups (broad SMARTS) is 1. The molecule has 0 aliphatic carbocycles. The number of thioether (sulfide) groups is 1. The number of aryl methyl sites for hydroxylation is 1. The zero-order valence-corrected chi connectivity index (χ0v) is 21.6. The number of benzene rings is 4. The minimum atomic E-state index is -1.02. The Balaban J connectivity index is 1.48. The predicted molar refractivity (Wildman–Crippen MR) is 155 cm³/mol. The number of anilines is 3. The molecule has 4 rings (SSSR count). The van der Waals surface area contributed by atoms with E-state index in [0.717, 1.165) is 21.8 Å². The van der Waals surface area contributed by atoms with Crippen molar-refractivity contribution in [1.82, 2.24) is 0 Å². The first-order chi connectivity index (χ1) is 17.9. The molecule has 6 nitrogen and oxygen atoms in total. The zero-order chi connectivity index (χ0) is 26.2. The molecule has 0 fully saturated rings. The van der Waals surface area contributed by atoms with Crippen LogP contribution in [0.25, 0.3) is 0 Å². The summed E-state index contributed by atoms with van der Waals surface area (Å²) in [6.45, 7) is 2.03. The number of carbonyl (C=O) groups is 2. The van der Waals surface area contributed by atoms with Crippen molar-refractivity contribution < 1.29 is 14.7 Å². The average Bonchev–Trinajstić information content (AvgIpc) is 2.89. The van der Waals surface area contributed by atoms with Crippen LogP contribution >= 0.6 is 24.0 Å². The Kier molecular flexibility index (Phi) is 8.56. The monoisotopic (exact) mass is 527 g/mol. The van der Waals surface area contributed by atoms with Crippen LogP contribution in [0.4, 0.5) is 17.1 Å². The third kappa shape index (κ3) is 7.42. The molecular weight excluding hydrogens is 502 g/mol. The number of amides is 1. The molecule has 8 heteroatoms. The molecule has 0 saturated carbocycles. The number of aromatic carboxylic acids is 1. The Bertz CT molecular complexity index is 1390. The van der Waals surface area contributed by atoms with E-state index in [1.807, 2.05) is 85.8 Å². The summed E-state index contributed by atoms with van der Waals surface area (Å²) in [4.78, 5) is 25.3. The van der Waals surface area contributed by atoms with Crippen LogP contribution < -0.4 is 16.0 Å². The van der Waals surface area contributed by atoms with Crippen LogP contribution in [0.3, 0.4) is 0 Å². The lowest BCUT2D eigenvalue weighted by molar-refractivity contribution is -0.115. The summed E-state index contributed by atoms with van der Waals surface area (Å²) in [6.07, 6.45) is 0. The van der Waals surface area contributed by atoms with Gasteiger partial charge in [0.1, 0.15) is 5.25 Å². The van der Waals surface area contributed by atoms with E-state index in [1.54, 1.807) is 12.1 Å². The lowest BCUT2D eigenvalue weighted by atomic mass is 10.1. The largest absolute Gasteiger partial charge is 0.478 e. The number of hydrogen-bond acceptors (Lipinski definition) is 4. The maximum Gasteiger partial charge on any atom is 0.335 e. The van der Waals surface area contributed by atoms with Crippen LogP contribution in [0.15, 0.2) is 108 Å². The molecule has 1 unspecified atom stereocenters. The Morgan fingerprint density at radius 3 is 2.05 bits per heavy atom. The molecule has 186 valence electrons. The molecule has 4 aromatic carbocycles. The molecule has 37 heavy (non-hydrogen) atoms. The quantitative estimate of drug-likeness (QED) is 0.145. The van der Waals surface area contributed by atoms with Crippen molar-refractivity contribution in [2.75, 3.05) is 16.0 Å². The molecule has 0 spiro atoms. The highest BCUT2D eigenvalue weighted by Gasteiger charge is 2.22. The van der Waals surface area contributed by atoms with E-state index in [-0.39, 0.29) is 11.5 Å². The summed E-state index contributed by atoms with van der Waals surface area (Å²) < 4.78 is 0. The summed E-state index contributed by atoms with van der Waals surface area (Å²) in [6, 6.07) is 31.3. The Morgan fingerprint density at radius 1 is 0.757 bits per heavy atom. The minimum Gasteiger partial charge on any atom is -0.478 e. The van der Waals surface area contributed by atoms with Gasteiger partial charge in [0.05, 0.1) is 5.56 Å². The van der Waals surface area contributed by atoms with Crippen LogP contribution in [-0.4, -0.2) is 22.1 Å². The predicted octanol–water partition coefficient (Wildman–Crippen LogP) is 6.97. The van der Waals surface area contributed by atoms with E-state index >= 15 is 0 Å². The lowest BCUT2D eigenvalue weighted by Gasteiger charge is -2.18. The van der Waals surface area contributed by atoms with E-state index in [2.05, 4.69) is 16.0 Å². The number of carbonyl (C=O) groups excluding carboxylic acids is 1. The number of thiocarbonyl (C=S) groups is 1. The second-order valence-electron chi connectivity index (χ2n) is 8.25. The smallest absolute Gasteiger partial charge is 0.335 e. The second kappa shape index (κ2) is 12.2. The summed E-state index contributed by atoms with van der Waals surface area (Å²) in [5.41, 5.74) is 4.40. The van der Waals surface area contributed by atoms with Gasteiger partial charge in [0, 0.05) is 22.0 Å². The van der Waals surface area contributed by atoms with Crippen molar-refractivity contribution in [1.29, 1.82) is 0 Å². The lowest BCUT2D eigenvalue weighted by Crippen LogP contribution is -2.19. The van der Waals surface area contributed by atoms with E-state index in [1.165, 1.54) is 29.5 Å². The summed E-state index contributed by atoms with van der Waals surface area (Å²) in [7, 11) is 0. The van der Waals surface area contributed by atoms with Gasteiger partial charge in [-0.1, -0.05) is 54.1 Å². The zero-order valence-electron chi connectivity index (χ0n) is 20.0. The Hall–Kier alpha value is -4.14. The molecule has 0 radical (unpaired) electrons. The fourth-order valence-corrected chi connectivity index (χ4v) is 4.84. The molecule has 0 aliphatic rings. The maximum atomic E-state index is 13.3. The van der Waals surface area contributed by atoms with Gasteiger partial charge in [0.15, 0.2) is 5.11 Å². The third-order valence-corrected chi connectivity index (χ3v) is 6.85. The van der Waals surface area contributed by atoms with Gasteiger partial charge >= 0.3 is 5.97 Å². The molecule has 1 amide bonds. The Labute approximate surface area is 225 Å². The van der Waals surface area contributed by atoms with Gasteiger partial charge in [-0.05, 0) is 79.3 Å². The van der Waals surface area contributed by atoms with Crippen molar-refractivity contribution in [3.05, 3.63) is 120 Å². The summed E-state index contributed by atoms with van der Waals surface area (Å²) in [5, 5.41) is 18.3. The summed E-state index contributed by atoms with van der Waals surface area (Å²) in [5.74, 6) is -1.23. The number of carboxylic acids is 1. The van der Waals surface area contributed by atoms with E-state index in [9.17, 15) is 9.59 Å². The first-order valence-corrected chi connectivity index (χ1v) is 12.8. The molecule has 0 bridgehead atoms. The molecule has 0 aliphatic heterocycles.